The maximum Gasteiger partial charge on any atom is 0.142 e. The van der Waals surface area contributed by atoms with E-state index >= 15 is 0 Å². The first-order chi connectivity index (χ1) is 7.27. The predicted molar refractivity (Wildman–Crippen MR) is 62.8 cm³/mol. The van der Waals surface area contributed by atoms with Gasteiger partial charge in [-0.15, -0.1) is 0 Å². The van der Waals surface area contributed by atoms with Gasteiger partial charge in [0.25, 0.3) is 0 Å². The molecule has 0 aromatic carbocycles. The van der Waals surface area contributed by atoms with E-state index in [0.717, 1.165) is 17.1 Å². The third-order valence-electron chi connectivity index (χ3n) is 2.16. The number of hydrogen-bond acceptors (Lipinski definition) is 5. The molecule has 0 saturated carbocycles. The zero-order valence-corrected chi connectivity index (χ0v) is 9.21. The van der Waals surface area contributed by atoms with Crippen LogP contribution in [0, 0.1) is 6.92 Å². The number of pyridine rings is 1. The highest BCUT2D eigenvalue weighted by molar-refractivity contribution is 7.10. The second kappa shape index (κ2) is 4.27. The summed E-state index contributed by atoms with van der Waals surface area (Å²) in [5.74, 6) is 0.609. The largest absolute Gasteiger partial charge is 0.383 e. The lowest BCUT2D eigenvalue weighted by molar-refractivity contribution is 1.13. The molecule has 0 bridgehead atoms. The summed E-state index contributed by atoms with van der Waals surface area (Å²) in [6.07, 6.45) is 3.57. The van der Waals surface area contributed by atoms with Crippen LogP contribution in [0.15, 0.2) is 24.5 Å². The van der Waals surface area contributed by atoms with Crippen LogP contribution in [0.5, 0.6) is 0 Å². The minimum absolute atomic E-state index is 0.609. The Kier molecular flexibility index (Phi) is 2.82. The molecule has 2 aromatic rings. The third kappa shape index (κ3) is 2.24. The highest BCUT2D eigenvalue weighted by atomic mass is 32.1. The van der Waals surface area contributed by atoms with Gasteiger partial charge in [0.15, 0.2) is 0 Å². The van der Waals surface area contributed by atoms with Crippen LogP contribution in [0.1, 0.15) is 11.1 Å². The lowest BCUT2D eigenvalue weighted by Gasteiger charge is -2.03. The van der Waals surface area contributed by atoms with Gasteiger partial charge in [0.2, 0.25) is 0 Å². The summed E-state index contributed by atoms with van der Waals surface area (Å²) < 4.78 is 4.07. The molecular weight excluding hydrogens is 208 g/mol. The monoisotopic (exact) mass is 220 g/mol. The standard InChI is InChI=1S/C10H12N4S/c1-7-9(11)14-15-10(7)13-6-8-2-4-12-5-3-8/h2-5,13H,6H2,1H3,(H2,11,14). The molecule has 0 aliphatic rings. The highest BCUT2D eigenvalue weighted by Crippen LogP contribution is 2.25. The smallest absolute Gasteiger partial charge is 0.142 e. The summed E-state index contributed by atoms with van der Waals surface area (Å²) >= 11 is 1.39. The molecule has 2 rings (SSSR count). The van der Waals surface area contributed by atoms with Crippen LogP contribution in [0.3, 0.4) is 0 Å². The molecule has 0 aliphatic heterocycles. The van der Waals surface area contributed by atoms with Gasteiger partial charge in [-0.1, -0.05) is 0 Å². The summed E-state index contributed by atoms with van der Waals surface area (Å²) in [5, 5.41) is 4.33. The molecule has 2 heterocycles. The highest BCUT2D eigenvalue weighted by Gasteiger charge is 2.05. The van der Waals surface area contributed by atoms with E-state index in [4.69, 9.17) is 5.73 Å². The average molecular weight is 220 g/mol. The number of aromatic nitrogens is 2. The van der Waals surface area contributed by atoms with Crippen LogP contribution in [0.4, 0.5) is 10.8 Å². The Bertz CT molecular complexity index is 438. The van der Waals surface area contributed by atoms with Crippen LogP contribution in [0.25, 0.3) is 0 Å². The molecule has 0 spiro atoms. The van der Waals surface area contributed by atoms with Gasteiger partial charge >= 0.3 is 0 Å². The van der Waals surface area contributed by atoms with Crippen molar-refractivity contribution in [2.24, 2.45) is 0 Å². The van der Waals surface area contributed by atoms with Crippen molar-refractivity contribution in [2.75, 3.05) is 11.1 Å². The molecule has 0 amide bonds. The molecule has 0 fully saturated rings. The number of hydrogen-bond donors (Lipinski definition) is 2. The van der Waals surface area contributed by atoms with Crippen molar-refractivity contribution in [3.63, 3.8) is 0 Å². The summed E-state index contributed by atoms with van der Waals surface area (Å²) in [5.41, 5.74) is 7.87. The summed E-state index contributed by atoms with van der Waals surface area (Å²) in [7, 11) is 0. The van der Waals surface area contributed by atoms with E-state index in [2.05, 4.69) is 14.7 Å². The number of nitrogens with two attached hydrogens (primary N) is 1. The quantitative estimate of drug-likeness (QED) is 0.830. The first-order valence-corrected chi connectivity index (χ1v) is 5.39. The second-order valence-corrected chi connectivity index (χ2v) is 4.00. The molecule has 5 heteroatoms. The van der Waals surface area contributed by atoms with Crippen molar-refractivity contribution >= 4 is 22.4 Å². The van der Waals surface area contributed by atoms with Crippen molar-refractivity contribution in [2.45, 2.75) is 13.5 Å². The Labute approximate surface area is 92.3 Å². The molecule has 0 saturated heterocycles. The van der Waals surface area contributed by atoms with Gasteiger partial charge in [-0.05, 0) is 36.2 Å². The van der Waals surface area contributed by atoms with Gasteiger partial charge in [-0.2, -0.15) is 4.37 Å². The molecule has 15 heavy (non-hydrogen) atoms. The fourth-order valence-corrected chi connectivity index (χ4v) is 1.90. The summed E-state index contributed by atoms with van der Waals surface area (Å²) in [4.78, 5) is 3.96. The van der Waals surface area contributed by atoms with E-state index in [1.165, 1.54) is 17.1 Å². The Morgan fingerprint density at radius 1 is 1.40 bits per heavy atom. The van der Waals surface area contributed by atoms with Crippen LogP contribution >= 0.6 is 11.5 Å². The van der Waals surface area contributed by atoms with E-state index in [1.807, 2.05) is 19.1 Å². The molecule has 0 unspecified atom stereocenters. The first kappa shape index (κ1) is 9.92. The van der Waals surface area contributed by atoms with E-state index in [9.17, 15) is 0 Å². The van der Waals surface area contributed by atoms with E-state index in [-0.39, 0.29) is 0 Å². The van der Waals surface area contributed by atoms with Crippen molar-refractivity contribution < 1.29 is 0 Å². The average Bonchev–Trinajstić information content (AvgIpc) is 2.59. The second-order valence-electron chi connectivity index (χ2n) is 3.23. The van der Waals surface area contributed by atoms with Crippen LogP contribution in [-0.2, 0) is 6.54 Å². The van der Waals surface area contributed by atoms with Crippen molar-refractivity contribution in [3.8, 4) is 0 Å². The SMILES string of the molecule is Cc1c(N)nsc1NCc1ccncc1. The van der Waals surface area contributed by atoms with E-state index < -0.39 is 0 Å². The Morgan fingerprint density at radius 3 is 2.73 bits per heavy atom. The number of nitrogens with one attached hydrogen (secondary N) is 1. The minimum Gasteiger partial charge on any atom is -0.383 e. The van der Waals surface area contributed by atoms with Gasteiger partial charge in [0, 0.05) is 24.5 Å². The molecule has 3 N–H and O–H groups in total. The first-order valence-electron chi connectivity index (χ1n) is 4.62. The van der Waals surface area contributed by atoms with Gasteiger partial charge in [0.1, 0.15) is 10.8 Å². The van der Waals surface area contributed by atoms with E-state index in [0.29, 0.717) is 5.82 Å². The van der Waals surface area contributed by atoms with Crippen LogP contribution < -0.4 is 11.1 Å². The van der Waals surface area contributed by atoms with Gasteiger partial charge < -0.3 is 11.1 Å². The minimum atomic E-state index is 0.609. The normalized spacial score (nSPS) is 10.2. The lowest BCUT2D eigenvalue weighted by Crippen LogP contribution is -1.99. The molecule has 0 radical (unpaired) electrons. The predicted octanol–water partition coefficient (Wildman–Crippen LogP) is 2.04. The molecule has 0 atom stereocenters. The van der Waals surface area contributed by atoms with Crippen LogP contribution in [0.2, 0.25) is 0 Å². The zero-order chi connectivity index (χ0) is 10.7. The maximum atomic E-state index is 5.66. The number of nitrogens with zero attached hydrogens (tertiary/aromatic N) is 2. The number of nitrogen functional groups attached to an aromatic ring is 1. The molecule has 2 aromatic heterocycles. The van der Waals surface area contributed by atoms with Crippen LogP contribution in [-0.4, -0.2) is 9.36 Å². The van der Waals surface area contributed by atoms with Gasteiger partial charge in [-0.25, -0.2) is 0 Å². The Hall–Kier alpha value is -1.62. The fraction of sp³-hybridized carbons (Fsp3) is 0.200. The van der Waals surface area contributed by atoms with Gasteiger partial charge in [-0.3, -0.25) is 4.98 Å². The fourth-order valence-electron chi connectivity index (χ4n) is 1.20. The zero-order valence-electron chi connectivity index (χ0n) is 8.40. The van der Waals surface area contributed by atoms with E-state index in [1.54, 1.807) is 12.4 Å². The third-order valence-corrected chi connectivity index (χ3v) is 3.08. The molecule has 0 aliphatic carbocycles. The summed E-state index contributed by atoms with van der Waals surface area (Å²) in [6.45, 7) is 2.73. The number of rotatable bonds is 3. The lowest BCUT2D eigenvalue weighted by atomic mass is 10.2. The van der Waals surface area contributed by atoms with Crippen molar-refractivity contribution in [3.05, 3.63) is 35.7 Å². The molecular formula is C10H12N4S. The molecule has 78 valence electrons. The molecule has 4 nitrogen and oxygen atoms in total. The van der Waals surface area contributed by atoms with Crippen molar-refractivity contribution in [1.82, 2.24) is 9.36 Å². The maximum absolute atomic E-state index is 5.66. The Balaban J connectivity index is 2.02. The van der Waals surface area contributed by atoms with Crippen molar-refractivity contribution in [1.29, 1.82) is 0 Å². The topological polar surface area (TPSA) is 63.8 Å². The number of anilines is 2. The van der Waals surface area contributed by atoms with Gasteiger partial charge in [0.05, 0.1) is 0 Å². The Morgan fingerprint density at radius 2 is 2.13 bits per heavy atom. The summed E-state index contributed by atoms with van der Waals surface area (Å²) in [6, 6.07) is 3.96.